The Hall–Kier alpha value is -2.47. The van der Waals surface area contributed by atoms with E-state index in [0.29, 0.717) is 17.8 Å². The van der Waals surface area contributed by atoms with E-state index in [4.69, 9.17) is 5.11 Å². The molecule has 1 unspecified atom stereocenters. The molecule has 1 aliphatic rings. The van der Waals surface area contributed by atoms with Gasteiger partial charge in [-0.05, 0) is 19.2 Å². The van der Waals surface area contributed by atoms with Crippen LogP contribution < -0.4 is 5.32 Å². The van der Waals surface area contributed by atoms with Crippen LogP contribution >= 0.6 is 0 Å². The van der Waals surface area contributed by atoms with Crippen molar-refractivity contribution in [3.05, 3.63) is 59.6 Å². The van der Waals surface area contributed by atoms with Gasteiger partial charge in [0.1, 0.15) is 5.82 Å². The van der Waals surface area contributed by atoms with Crippen LogP contribution in [0, 0.1) is 11.7 Å². The first-order valence-electron chi connectivity index (χ1n) is 7.27. The van der Waals surface area contributed by atoms with Gasteiger partial charge in [0.15, 0.2) is 0 Å². The van der Waals surface area contributed by atoms with Crippen LogP contribution in [0.25, 0.3) is 0 Å². The van der Waals surface area contributed by atoms with Crippen LogP contribution in [0.1, 0.15) is 12.0 Å². The summed E-state index contributed by atoms with van der Waals surface area (Å²) in [6.45, 7) is 0.407. The van der Waals surface area contributed by atoms with Gasteiger partial charge >= 0.3 is 5.97 Å². The zero-order chi connectivity index (χ0) is 16.8. The van der Waals surface area contributed by atoms with Crippen molar-refractivity contribution >= 4 is 11.9 Å². The van der Waals surface area contributed by atoms with Crippen molar-refractivity contribution in [1.82, 2.24) is 10.2 Å². The number of likely N-dealkylation sites (N-methyl/N-ethyl adjacent to an activating group) is 1. The van der Waals surface area contributed by atoms with E-state index in [-0.39, 0.29) is 24.7 Å². The number of carboxylic acids is 1. The number of allylic oxidation sites excluding steroid dienone is 3. The van der Waals surface area contributed by atoms with Crippen LogP contribution in [0.15, 0.2) is 48.2 Å². The standard InChI is InChI=1S/C17H19FN2O3/c1-20(10-13-5-2-3-8-15(13)18)11-16(21)19-14-7-4-6-12(9-14)17(22)23/h2-8,12H,9-11H2,1H3,(H,19,21)(H,22,23). The maximum atomic E-state index is 13.6. The van der Waals surface area contributed by atoms with Crippen LogP contribution in [-0.4, -0.2) is 35.5 Å². The summed E-state index contributed by atoms with van der Waals surface area (Å²) in [7, 11) is 1.72. The Morgan fingerprint density at radius 3 is 2.83 bits per heavy atom. The summed E-state index contributed by atoms with van der Waals surface area (Å²) in [5.74, 6) is -2.09. The van der Waals surface area contributed by atoms with E-state index in [1.807, 2.05) is 0 Å². The Kier molecular flexibility index (Phi) is 5.65. The van der Waals surface area contributed by atoms with Crippen LogP contribution in [0.3, 0.4) is 0 Å². The van der Waals surface area contributed by atoms with Gasteiger partial charge in [-0.1, -0.05) is 30.4 Å². The van der Waals surface area contributed by atoms with E-state index in [2.05, 4.69) is 5.32 Å². The number of hydrogen-bond acceptors (Lipinski definition) is 3. The van der Waals surface area contributed by atoms with Crippen molar-refractivity contribution in [3.63, 3.8) is 0 Å². The number of halogens is 1. The van der Waals surface area contributed by atoms with Gasteiger partial charge in [-0.15, -0.1) is 0 Å². The van der Waals surface area contributed by atoms with E-state index >= 15 is 0 Å². The molecule has 6 heteroatoms. The molecule has 0 bridgehead atoms. The predicted molar refractivity (Wildman–Crippen MR) is 83.8 cm³/mol. The number of carbonyl (C=O) groups is 2. The molecule has 0 aliphatic heterocycles. The highest BCUT2D eigenvalue weighted by atomic mass is 19.1. The molecule has 0 fully saturated rings. The number of rotatable bonds is 6. The SMILES string of the molecule is CN(CC(=O)NC1=CC=CC(C(=O)O)C1)Cc1ccccc1F. The Bertz CT molecular complexity index is 655. The molecule has 1 amide bonds. The highest BCUT2D eigenvalue weighted by molar-refractivity contribution is 5.80. The Morgan fingerprint density at radius 1 is 1.39 bits per heavy atom. The zero-order valence-corrected chi connectivity index (χ0v) is 12.8. The van der Waals surface area contributed by atoms with E-state index in [0.717, 1.165) is 0 Å². The number of carbonyl (C=O) groups excluding carboxylic acids is 1. The van der Waals surface area contributed by atoms with E-state index < -0.39 is 11.9 Å². The van der Waals surface area contributed by atoms with Crippen LogP contribution in [0.5, 0.6) is 0 Å². The van der Waals surface area contributed by atoms with E-state index in [1.54, 1.807) is 48.4 Å². The maximum Gasteiger partial charge on any atom is 0.310 e. The molecular formula is C17H19FN2O3. The molecule has 122 valence electrons. The number of amides is 1. The second kappa shape index (κ2) is 7.69. The van der Waals surface area contributed by atoms with E-state index in [1.165, 1.54) is 6.07 Å². The summed E-state index contributed by atoms with van der Waals surface area (Å²) in [6, 6.07) is 6.43. The fraction of sp³-hybridized carbons (Fsp3) is 0.294. The zero-order valence-electron chi connectivity index (χ0n) is 12.8. The fourth-order valence-electron chi connectivity index (χ4n) is 2.38. The van der Waals surface area contributed by atoms with Gasteiger partial charge in [-0.25, -0.2) is 4.39 Å². The first-order valence-corrected chi connectivity index (χ1v) is 7.27. The normalized spacial score (nSPS) is 17.0. The van der Waals surface area contributed by atoms with Crippen molar-refractivity contribution in [2.75, 3.05) is 13.6 Å². The van der Waals surface area contributed by atoms with Gasteiger partial charge in [0.25, 0.3) is 0 Å². The number of hydrogen-bond donors (Lipinski definition) is 2. The van der Waals surface area contributed by atoms with Gasteiger partial charge in [0.05, 0.1) is 12.5 Å². The predicted octanol–water partition coefficient (Wildman–Crippen LogP) is 1.92. The van der Waals surface area contributed by atoms with Gasteiger partial charge in [-0.2, -0.15) is 0 Å². The van der Waals surface area contributed by atoms with Crippen molar-refractivity contribution in [3.8, 4) is 0 Å². The topological polar surface area (TPSA) is 69.6 Å². The summed E-state index contributed by atoms with van der Waals surface area (Å²) >= 11 is 0. The van der Waals surface area contributed by atoms with Gasteiger partial charge in [0, 0.05) is 24.2 Å². The minimum absolute atomic E-state index is 0.0904. The quantitative estimate of drug-likeness (QED) is 0.841. The smallest absolute Gasteiger partial charge is 0.310 e. The molecule has 0 aromatic heterocycles. The largest absolute Gasteiger partial charge is 0.481 e. The molecule has 0 saturated carbocycles. The minimum Gasteiger partial charge on any atom is -0.481 e. The number of nitrogens with zero attached hydrogens (tertiary/aromatic N) is 1. The molecule has 2 rings (SSSR count). The van der Waals surface area contributed by atoms with Crippen LogP contribution in [0.2, 0.25) is 0 Å². The molecule has 0 spiro atoms. The molecule has 1 aromatic carbocycles. The summed E-state index contributed by atoms with van der Waals surface area (Å²) in [5, 5.41) is 11.7. The third-order valence-corrected chi connectivity index (χ3v) is 3.51. The maximum absolute atomic E-state index is 13.6. The lowest BCUT2D eigenvalue weighted by Crippen LogP contribution is -2.35. The Balaban J connectivity index is 1.85. The highest BCUT2D eigenvalue weighted by Gasteiger charge is 2.19. The number of aliphatic carboxylic acids is 1. The van der Waals surface area contributed by atoms with Gasteiger partial charge in [-0.3, -0.25) is 14.5 Å². The summed E-state index contributed by atoms with van der Waals surface area (Å²) in [6.07, 6.45) is 5.16. The summed E-state index contributed by atoms with van der Waals surface area (Å²) in [5.41, 5.74) is 1.10. The second-order valence-electron chi connectivity index (χ2n) is 5.54. The second-order valence-corrected chi connectivity index (χ2v) is 5.54. The molecule has 0 radical (unpaired) electrons. The monoisotopic (exact) mass is 318 g/mol. The first kappa shape index (κ1) is 16.9. The lowest BCUT2D eigenvalue weighted by molar-refractivity contribution is -0.140. The van der Waals surface area contributed by atoms with Gasteiger partial charge in [0.2, 0.25) is 5.91 Å². The molecular weight excluding hydrogens is 299 g/mol. The molecule has 2 N–H and O–H groups in total. The lowest BCUT2D eigenvalue weighted by Gasteiger charge is -2.19. The first-order chi connectivity index (χ1) is 11.0. The number of benzene rings is 1. The molecule has 23 heavy (non-hydrogen) atoms. The summed E-state index contributed by atoms with van der Waals surface area (Å²) < 4.78 is 13.6. The van der Waals surface area contributed by atoms with Crippen molar-refractivity contribution in [1.29, 1.82) is 0 Å². The van der Waals surface area contributed by atoms with E-state index in [9.17, 15) is 14.0 Å². The third-order valence-electron chi connectivity index (χ3n) is 3.51. The average Bonchev–Trinajstić information content (AvgIpc) is 2.49. The molecule has 5 nitrogen and oxygen atoms in total. The van der Waals surface area contributed by atoms with Gasteiger partial charge < -0.3 is 10.4 Å². The molecule has 1 atom stereocenters. The van der Waals surface area contributed by atoms with Crippen LogP contribution in [-0.2, 0) is 16.1 Å². The Labute approximate surface area is 134 Å². The summed E-state index contributed by atoms with van der Waals surface area (Å²) in [4.78, 5) is 24.7. The minimum atomic E-state index is -0.919. The van der Waals surface area contributed by atoms with Crippen molar-refractivity contribution in [2.24, 2.45) is 5.92 Å². The molecule has 1 aromatic rings. The third kappa shape index (κ3) is 5.03. The fourth-order valence-corrected chi connectivity index (χ4v) is 2.38. The lowest BCUT2D eigenvalue weighted by atomic mass is 9.98. The number of carboxylic acid groups (broad SMARTS) is 1. The molecule has 0 heterocycles. The molecule has 0 saturated heterocycles. The Morgan fingerprint density at radius 2 is 2.13 bits per heavy atom. The van der Waals surface area contributed by atoms with Crippen molar-refractivity contribution in [2.45, 2.75) is 13.0 Å². The van der Waals surface area contributed by atoms with Crippen LogP contribution in [0.4, 0.5) is 4.39 Å². The average molecular weight is 318 g/mol. The molecule has 1 aliphatic carbocycles. The highest BCUT2D eigenvalue weighted by Crippen LogP contribution is 2.17. The van der Waals surface area contributed by atoms with Crippen molar-refractivity contribution < 1.29 is 19.1 Å². The number of nitrogens with one attached hydrogen (secondary N) is 1.